The van der Waals surface area contributed by atoms with E-state index in [2.05, 4.69) is 15.2 Å². The number of azo groups is 1. The Bertz CT molecular complexity index is 953. The second kappa shape index (κ2) is 9.76. The number of benzene rings is 1. The zero-order valence-corrected chi connectivity index (χ0v) is 17.9. The van der Waals surface area contributed by atoms with Crippen molar-refractivity contribution in [3.8, 4) is 17.0 Å². The molecule has 2 heterocycles. The van der Waals surface area contributed by atoms with Gasteiger partial charge in [-0.3, -0.25) is 4.79 Å². The van der Waals surface area contributed by atoms with Gasteiger partial charge in [0.25, 0.3) is 0 Å². The van der Waals surface area contributed by atoms with Crippen molar-refractivity contribution in [2.45, 2.75) is 45.8 Å². The van der Waals surface area contributed by atoms with E-state index in [4.69, 9.17) is 5.73 Å². The molecule has 1 unspecified atom stereocenters. The van der Waals surface area contributed by atoms with Crippen LogP contribution in [0.1, 0.15) is 37.8 Å². The predicted octanol–water partition coefficient (Wildman–Crippen LogP) is 5.09. The predicted molar refractivity (Wildman–Crippen MR) is 112 cm³/mol. The number of aromatic nitrogens is 1. The fourth-order valence-electron chi connectivity index (χ4n) is 3.19. The molecule has 10 heteroatoms. The number of halogens is 3. The molecule has 31 heavy (non-hydrogen) atoms. The molecular formula is C21H26F3N5O2. The number of anilines is 1. The molecule has 3 N–H and O–H groups in total. The van der Waals surface area contributed by atoms with Gasteiger partial charge in [0.05, 0.1) is 17.3 Å². The quantitative estimate of drug-likeness (QED) is 0.652. The number of nitrogens with zero attached hydrogens (tertiary/aromatic N) is 4. The standard InChI is InChI=1S/C19H20F3N5O2.C2H6/c1-10-7-11(19(20,21)22)8-15(28)17(10)13-4-5-14(18(23)24-13)26-25-12-3-6-16(29)27(2)9-12;1-2/h4-5,7-8,12,28H,3,6,9H2,1-2H3,(H2,23,24);1-2H3. The number of likely N-dealkylation sites (tertiary alicyclic amines) is 1. The van der Waals surface area contributed by atoms with Crippen molar-refractivity contribution in [2.75, 3.05) is 19.3 Å². The van der Waals surface area contributed by atoms with Crippen molar-refractivity contribution in [1.82, 2.24) is 9.88 Å². The van der Waals surface area contributed by atoms with Gasteiger partial charge >= 0.3 is 6.18 Å². The van der Waals surface area contributed by atoms with Crippen LogP contribution in [0.25, 0.3) is 11.3 Å². The maximum absolute atomic E-state index is 12.9. The van der Waals surface area contributed by atoms with Crippen molar-refractivity contribution in [2.24, 2.45) is 10.2 Å². The highest BCUT2D eigenvalue weighted by molar-refractivity contribution is 5.77. The van der Waals surface area contributed by atoms with E-state index in [0.29, 0.717) is 31.1 Å². The maximum Gasteiger partial charge on any atom is 0.416 e. The summed E-state index contributed by atoms with van der Waals surface area (Å²) in [6.45, 7) is 5.92. The Hall–Kier alpha value is -3.17. The van der Waals surface area contributed by atoms with Gasteiger partial charge in [-0.05, 0) is 43.2 Å². The largest absolute Gasteiger partial charge is 0.507 e. The molecule has 1 aliphatic heterocycles. The molecule has 1 atom stereocenters. The van der Waals surface area contributed by atoms with Crippen LogP contribution in [0.15, 0.2) is 34.5 Å². The minimum atomic E-state index is -4.56. The van der Waals surface area contributed by atoms with Gasteiger partial charge in [0.2, 0.25) is 5.91 Å². The van der Waals surface area contributed by atoms with Crippen LogP contribution in [0, 0.1) is 6.92 Å². The first kappa shape index (κ1) is 24.1. The summed E-state index contributed by atoms with van der Waals surface area (Å²) in [6.07, 6.45) is -3.56. The van der Waals surface area contributed by atoms with Crippen LogP contribution >= 0.6 is 0 Å². The number of pyridine rings is 1. The number of phenols is 1. The van der Waals surface area contributed by atoms with Crippen molar-refractivity contribution in [1.29, 1.82) is 0 Å². The van der Waals surface area contributed by atoms with Gasteiger partial charge in [0.1, 0.15) is 11.4 Å². The fraction of sp³-hybridized carbons (Fsp3) is 0.429. The minimum Gasteiger partial charge on any atom is -0.507 e. The SMILES string of the molecule is CC.Cc1cc(C(F)(F)F)cc(O)c1-c1ccc(N=NC2CCC(=O)N(C)C2)c(N)n1. The molecule has 0 spiro atoms. The van der Waals surface area contributed by atoms with Gasteiger partial charge in [-0.2, -0.15) is 23.4 Å². The lowest BCUT2D eigenvalue weighted by Crippen LogP contribution is -2.38. The Balaban J connectivity index is 0.00000166. The summed E-state index contributed by atoms with van der Waals surface area (Å²) in [5, 5.41) is 18.4. The summed E-state index contributed by atoms with van der Waals surface area (Å²) in [5.41, 5.74) is 5.91. The zero-order chi connectivity index (χ0) is 23.3. The molecule has 0 saturated carbocycles. The van der Waals surface area contributed by atoms with Crippen molar-refractivity contribution >= 4 is 17.4 Å². The highest BCUT2D eigenvalue weighted by Crippen LogP contribution is 2.39. The number of nitrogens with two attached hydrogens (primary N) is 1. The molecule has 3 rings (SSSR count). The number of nitrogen functional groups attached to an aromatic ring is 1. The van der Waals surface area contributed by atoms with Gasteiger partial charge in [-0.25, -0.2) is 4.98 Å². The Morgan fingerprint density at radius 3 is 2.48 bits per heavy atom. The molecule has 0 bridgehead atoms. The van der Waals surface area contributed by atoms with Crippen molar-refractivity contribution in [3.05, 3.63) is 35.4 Å². The second-order valence-electron chi connectivity index (χ2n) is 6.97. The lowest BCUT2D eigenvalue weighted by Gasteiger charge is -2.26. The smallest absolute Gasteiger partial charge is 0.416 e. The van der Waals surface area contributed by atoms with Crippen LogP contribution < -0.4 is 5.73 Å². The van der Waals surface area contributed by atoms with Gasteiger partial charge < -0.3 is 15.7 Å². The molecule has 1 fully saturated rings. The van der Waals surface area contributed by atoms with Gasteiger partial charge in [-0.15, -0.1) is 0 Å². The highest BCUT2D eigenvalue weighted by Gasteiger charge is 2.32. The van der Waals surface area contributed by atoms with Gasteiger partial charge in [-0.1, -0.05) is 13.8 Å². The number of phenolic OH excluding ortho intramolecular Hbond substituents is 1. The van der Waals surface area contributed by atoms with Crippen LogP contribution in [0.5, 0.6) is 5.75 Å². The Morgan fingerprint density at radius 1 is 1.26 bits per heavy atom. The molecule has 2 aromatic rings. The number of carbonyl (C=O) groups is 1. The number of likely N-dealkylation sites (N-methyl/N-ethyl adjacent to an activating group) is 1. The highest BCUT2D eigenvalue weighted by atomic mass is 19.4. The summed E-state index contributed by atoms with van der Waals surface area (Å²) in [5.74, 6) is -0.438. The summed E-state index contributed by atoms with van der Waals surface area (Å²) in [7, 11) is 1.70. The average molecular weight is 437 g/mol. The number of hydrogen-bond acceptors (Lipinski definition) is 6. The number of rotatable bonds is 3. The fourth-order valence-corrected chi connectivity index (χ4v) is 3.19. The van der Waals surface area contributed by atoms with Crippen LogP contribution in [-0.2, 0) is 11.0 Å². The van der Waals surface area contributed by atoms with Crippen LogP contribution in [0.3, 0.4) is 0 Å². The lowest BCUT2D eigenvalue weighted by atomic mass is 10.00. The monoisotopic (exact) mass is 437 g/mol. The Morgan fingerprint density at radius 2 is 1.94 bits per heavy atom. The van der Waals surface area contributed by atoms with E-state index < -0.39 is 17.5 Å². The average Bonchev–Trinajstić information content (AvgIpc) is 2.70. The second-order valence-corrected chi connectivity index (χ2v) is 6.97. The topological polar surface area (TPSA) is 104 Å². The summed E-state index contributed by atoms with van der Waals surface area (Å²) in [4.78, 5) is 17.3. The molecule has 168 valence electrons. The minimum absolute atomic E-state index is 0.0326. The third kappa shape index (κ3) is 5.71. The molecule has 0 aliphatic carbocycles. The number of aromatic hydroxyl groups is 1. The number of carbonyl (C=O) groups excluding carboxylic acids is 1. The zero-order valence-electron chi connectivity index (χ0n) is 17.9. The molecule has 0 radical (unpaired) electrons. The van der Waals surface area contributed by atoms with Crippen molar-refractivity contribution in [3.63, 3.8) is 0 Å². The first-order valence-electron chi connectivity index (χ1n) is 9.88. The Labute approximate surface area is 178 Å². The molecule has 1 aliphatic rings. The number of aryl methyl sites for hydroxylation is 1. The molecule has 7 nitrogen and oxygen atoms in total. The third-order valence-corrected chi connectivity index (χ3v) is 4.73. The van der Waals surface area contributed by atoms with Crippen molar-refractivity contribution < 1.29 is 23.1 Å². The van der Waals surface area contributed by atoms with Gasteiger partial charge in [0, 0.05) is 25.6 Å². The first-order chi connectivity index (χ1) is 14.6. The summed E-state index contributed by atoms with van der Waals surface area (Å²) < 4.78 is 38.7. The Kier molecular flexibility index (Phi) is 7.59. The van der Waals surface area contributed by atoms with E-state index in [0.717, 1.165) is 6.07 Å². The van der Waals surface area contributed by atoms with Crippen LogP contribution in [-0.4, -0.2) is 40.5 Å². The number of alkyl halides is 3. The van der Waals surface area contributed by atoms with E-state index in [9.17, 15) is 23.1 Å². The number of piperidine rings is 1. The first-order valence-corrected chi connectivity index (χ1v) is 9.88. The van der Waals surface area contributed by atoms with E-state index in [1.165, 1.54) is 19.1 Å². The molecular weight excluding hydrogens is 411 g/mol. The van der Waals surface area contributed by atoms with Crippen LogP contribution in [0.4, 0.5) is 24.7 Å². The number of amides is 1. The van der Waals surface area contributed by atoms with E-state index >= 15 is 0 Å². The molecule has 1 saturated heterocycles. The van der Waals surface area contributed by atoms with E-state index in [-0.39, 0.29) is 34.6 Å². The van der Waals surface area contributed by atoms with E-state index in [1.807, 2.05) is 13.8 Å². The normalized spacial score (nSPS) is 16.9. The molecule has 1 aromatic heterocycles. The summed E-state index contributed by atoms with van der Waals surface area (Å²) in [6, 6.07) is 4.51. The van der Waals surface area contributed by atoms with E-state index in [1.54, 1.807) is 11.9 Å². The molecule has 1 amide bonds. The van der Waals surface area contributed by atoms with Crippen LogP contribution in [0.2, 0.25) is 0 Å². The lowest BCUT2D eigenvalue weighted by molar-refractivity contribution is -0.137. The van der Waals surface area contributed by atoms with Gasteiger partial charge in [0.15, 0.2) is 5.82 Å². The molecule has 1 aromatic carbocycles. The maximum atomic E-state index is 12.9. The number of hydrogen-bond donors (Lipinski definition) is 2. The third-order valence-electron chi connectivity index (χ3n) is 4.73. The summed E-state index contributed by atoms with van der Waals surface area (Å²) >= 11 is 0.